The molecule has 0 aromatic carbocycles. The van der Waals surface area contributed by atoms with Crippen molar-refractivity contribution in [3.63, 3.8) is 0 Å². The van der Waals surface area contributed by atoms with E-state index < -0.39 is 0 Å². The zero-order valence-corrected chi connectivity index (χ0v) is 9.41. The number of rotatable bonds is 2. The standard InChI is InChI=1S/C14H15N/c1-5-7-11(2)10-12(3)14-9-6-8-13(4)15-14/h1,6-10H,2-4H3/b11-7-,12-10+. The fourth-order valence-corrected chi connectivity index (χ4v) is 1.35. The normalized spacial score (nSPS) is 12.4. The summed E-state index contributed by atoms with van der Waals surface area (Å²) in [7, 11) is 0. The number of nitrogens with zero attached hydrogens (tertiary/aromatic N) is 1. The van der Waals surface area contributed by atoms with Crippen molar-refractivity contribution in [1.29, 1.82) is 0 Å². The summed E-state index contributed by atoms with van der Waals surface area (Å²) >= 11 is 0. The lowest BCUT2D eigenvalue weighted by atomic mass is 10.1. The molecule has 15 heavy (non-hydrogen) atoms. The Bertz CT molecular complexity index is 445. The van der Waals surface area contributed by atoms with Crippen molar-refractivity contribution in [2.75, 3.05) is 0 Å². The molecule has 0 saturated heterocycles. The van der Waals surface area contributed by atoms with Crippen LogP contribution in [0.3, 0.4) is 0 Å². The summed E-state index contributed by atoms with van der Waals surface area (Å²) in [6, 6.07) is 6.00. The third kappa shape index (κ3) is 3.44. The number of terminal acetylenes is 1. The third-order valence-corrected chi connectivity index (χ3v) is 2.05. The van der Waals surface area contributed by atoms with Gasteiger partial charge in [-0.2, -0.15) is 0 Å². The van der Waals surface area contributed by atoms with Crippen molar-refractivity contribution < 1.29 is 0 Å². The van der Waals surface area contributed by atoms with Crippen molar-refractivity contribution in [3.8, 4) is 12.3 Å². The van der Waals surface area contributed by atoms with Gasteiger partial charge in [-0.3, -0.25) is 4.98 Å². The Balaban J connectivity index is 3.00. The Morgan fingerprint density at radius 1 is 1.40 bits per heavy atom. The molecule has 1 nitrogen and oxygen atoms in total. The molecular formula is C14H15N. The number of aromatic nitrogens is 1. The molecule has 1 rings (SSSR count). The fraction of sp³-hybridized carbons (Fsp3) is 0.214. The Labute approximate surface area is 91.6 Å². The van der Waals surface area contributed by atoms with Crippen LogP contribution in [0.5, 0.6) is 0 Å². The largest absolute Gasteiger partial charge is 0.253 e. The molecule has 0 amide bonds. The van der Waals surface area contributed by atoms with E-state index in [1.807, 2.05) is 45.0 Å². The van der Waals surface area contributed by atoms with Crippen LogP contribution >= 0.6 is 0 Å². The van der Waals surface area contributed by atoms with Gasteiger partial charge in [0.1, 0.15) is 0 Å². The molecule has 0 saturated carbocycles. The average Bonchev–Trinajstić information content (AvgIpc) is 2.18. The molecule has 0 N–H and O–H groups in total. The Kier molecular flexibility index (Phi) is 3.88. The van der Waals surface area contributed by atoms with Gasteiger partial charge in [0.15, 0.2) is 0 Å². The molecule has 0 aliphatic heterocycles. The van der Waals surface area contributed by atoms with Crippen LogP contribution in [-0.4, -0.2) is 4.98 Å². The topological polar surface area (TPSA) is 12.9 Å². The average molecular weight is 197 g/mol. The highest BCUT2D eigenvalue weighted by molar-refractivity contribution is 5.63. The monoisotopic (exact) mass is 197 g/mol. The zero-order chi connectivity index (χ0) is 11.3. The summed E-state index contributed by atoms with van der Waals surface area (Å²) in [6.07, 6.45) is 8.99. The van der Waals surface area contributed by atoms with Gasteiger partial charge in [-0.15, -0.1) is 6.42 Å². The molecule has 1 heteroatoms. The van der Waals surface area contributed by atoms with Crippen LogP contribution < -0.4 is 0 Å². The zero-order valence-electron chi connectivity index (χ0n) is 9.41. The summed E-state index contributed by atoms with van der Waals surface area (Å²) in [4.78, 5) is 4.44. The van der Waals surface area contributed by atoms with Crippen LogP contribution in [0, 0.1) is 19.3 Å². The van der Waals surface area contributed by atoms with Gasteiger partial charge in [0.2, 0.25) is 0 Å². The lowest BCUT2D eigenvalue weighted by Crippen LogP contribution is -1.88. The highest BCUT2D eigenvalue weighted by Crippen LogP contribution is 2.13. The van der Waals surface area contributed by atoms with Crippen molar-refractivity contribution in [2.45, 2.75) is 20.8 Å². The van der Waals surface area contributed by atoms with E-state index in [2.05, 4.69) is 10.9 Å². The van der Waals surface area contributed by atoms with Gasteiger partial charge in [0.05, 0.1) is 5.69 Å². The summed E-state index contributed by atoms with van der Waals surface area (Å²) in [5.41, 5.74) is 4.22. The second kappa shape index (κ2) is 5.17. The van der Waals surface area contributed by atoms with E-state index in [0.717, 1.165) is 22.5 Å². The van der Waals surface area contributed by atoms with Gasteiger partial charge >= 0.3 is 0 Å². The minimum Gasteiger partial charge on any atom is -0.253 e. The summed E-state index contributed by atoms with van der Waals surface area (Å²) in [6.45, 7) is 6.01. The SMILES string of the molecule is C#C/C=C(C)\C=C(/C)c1cccc(C)n1. The molecule has 0 aliphatic rings. The van der Waals surface area contributed by atoms with E-state index >= 15 is 0 Å². The Morgan fingerprint density at radius 3 is 2.73 bits per heavy atom. The quantitative estimate of drug-likeness (QED) is 0.523. The first-order valence-corrected chi connectivity index (χ1v) is 4.88. The highest BCUT2D eigenvalue weighted by atomic mass is 14.7. The predicted molar refractivity (Wildman–Crippen MR) is 65.2 cm³/mol. The van der Waals surface area contributed by atoms with E-state index in [4.69, 9.17) is 6.42 Å². The van der Waals surface area contributed by atoms with Gasteiger partial charge < -0.3 is 0 Å². The van der Waals surface area contributed by atoms with Crippen molar-refractivity contribution in [2.24, 2.45) is 0 Å². The van der Waals surface area contributed by atoms with Gasteiger partial charge in [-0.05, 0) is 50.1 Å². The second-order valence-electron chi connectivity index (χ2n) is 3.55. The Hall–Kier alpha value is -1.81. The molecule has 0 atom stereocenters. The minimum atomic E-state index is 1.000. The molecule has 0 fully saturated rings. The van der Waals surface area contributed by atoms with Gasteiger partial charge in [-0.25, -0.2) is 0 Å². The first-order chi connectivity index (χ1) is 7.13. The minimum absolute atomic E-state index is 1.000. The number of aryl methyl sites for hydroxylation is 1. The van der Waals surface area contributed by atoms with Crippen LogP contribution in [0.2, 0.25) is 0 Å². The molecule has 0 aliphatic carbocycles. The molecule has 0 radical (unpaired) electrons. The maximum absolute atomic E-state index is 5.20. The first kappa shape index (κ1) is 11.3. The van der Waals surface area contributed by atoms with Crippen LogP contribution in [-0.2, 0) is 0 Å². The van der Waals surface area contributed by atoms with Gasteiger partial charge in [0, 0.05) is 5.69 Å². The molecular weight excluding hydrogens is 182 g/mol. The lowest BCUT2D eigenvalue weighted by Gasteiger charge is -2.01. The van der Waals surface area contributed by atoms with Crippen molar-refractivity contribution in [1.82, 2.24) is 4.98 Å². The van der Waals surface area contributed by atoms with E-state index in [9.17, 15) is 0 Å². The smallest absolute Gasteiger partial charge is 0.0662 e. The van der Waals surface area contributed by atoms with Gasteiger partial charge in [-0.1, -0.05) is 18.1 Å². The van der Waals surface area contributed by atoms with Crippen LogP contribution in [0.25, 0.3) is 5.57 Å². The predicted octanol–water partition coefficient (Wildman–Crippen LogP) is 3.37. The van der Waals surface area contributed by atoms with Gasteiger partial charge in [0.25, 0.3) is 0 Å². The summed E-state index contributed by atoms with van der Waals surface area (Å²) < 4.78 is 0. The Morgan fingerprint density at radius 2 is 2.13 bits per heavy atom. The molecule has 0 spiro atoms. The number of hydrogen-bond acceptors (Lipinski definition) is 1. The second-order valence-corrected chi connectivity index (χ2v) is 3.55. The molecule has 1 aromatic heterocycles. The third-order valence-electron chi connectivity index (χ3n) is 2.05. The summed E-state index contributed by atoms with van der Waals surface area (Å²) in [5, 5.41) is 0. The molecule has 76 valence electrons. The maximum Gasteiger partial charge on any atom is 0.0662 e. The first-order valence-electron chi connectivity index (χ1n) is 4.88. The van der Waals surface area contributed by atoms with Crippen molar-refractivity contribution >= 4 is 5.57 Å². The van der Waals surface area contributed by atoms with Crippen molar-refractivity contribution in [3.05, 3.63) is 47.3 Å². The molecule has 0 bridgehead atoms. The highest BCUT2D eigenvalue weighted by Gasteiger charge is 1.97. The molecule has 1 aromatic rings. The summed E-state index contributed by atoms with van der Waals surface area (Å²) in [5.74, 6) is 2.51. The lowest BCUT2D eigenvalue weighted by molar-refractivity contribution is 1.16. The number of allylic oxidation sites excluding steroid dienone is 4. The number of pyridine rings is 1. The number of hydrogen-bond donors (Lipinski definition) is 0. The van der Waals surface area contributed by atoms with E-state index in [0.29, 0.717) is 0 Å². The molecule has 1 heterocycles. The van der Waals surface area contributed by atoms with E-state index in [1.165, 1.54) is 0 Å². The van der Waals surface area contributed by atoms with Crippen LogP contribution in [0.4, 0.5) is 0 Å². The van der Waals surface area contributed by atoms with E-state index in [-0.39, 0.29) is 0 Å². The maximum atomic E-state index is 5.20. The molecule has 0 unspecified atom stereocenters. The fourth-order valence-electron chi connectivity index (χ4n) is 1.35. The van der Waals surface area contributed by atoms with E-state index in [1.54, 1.807) is 6.08 Å². The van der Waals surface area contributed by atoms with Crippen LogP contribution in [0.15, 0.2) is 35.9 Å². The van der Waals surface area contributed by atoms with Crippen LogP contribution in [0.1, 0.15) is 25.2 Å².